The highest BCUT2D eigenvalue weighted by Gasteiger charge is 2.38. The minimum atomic E-state index is -0.336. The smallest absolute Gasteiger partial charge is 0.229 e. The Balaban J connectivity index is 1.66. The molecule has 6 heteroatoms. The van der Waals surface area contributed by atoms with Crippen molar-refractivity contribution in [2.75, 3.05) is 11.9 Å². The fourth-order valence-corrected chi connectivity index (χ4v) is 3.99. The number of hydrogen-bond donors (Lipinski definition) is 1. The van der Waals surface area contributed by atoms with Crippen LogP contribution in [-0.4, -0.2) is 29.3 Å². The van der Waals surface area contributed by atoms with Gasteiger partial charge in [0.15, 0.2) is 0 Å². The second kappa shape index (κ2) is 7.10. The van der Waals surface area contributed by atoms with E-state index in [9.17, 15) is 9.59 Å². The number of carbonyl (C=O) groups excluding carboxylic acids is 2. The van der Waals surface area contributed by atoms with Crippen LogP contribution >= 0.6 is 23.2 Å². The van der Waals surface area contributed by atoms with Gasteiger partial charge in [0, 0.05) is 19.0 Å². The number of nitrogens with zero attached hydrogens (tertiary/aromatic N) is 1. The Kier molecular flexibility index (Phi) is 5.12. The van der Waals surface area contributed by atoms with E-state index >= 15 is 0 Å². The number of halogens is 2. The number of anilines is 1. The Bertz CT molecular complexity index is 594. The molecule has 1 aliphatic carbocycles. The van der Waals surface area contributed by atoms with Gasteiger partial charge in [0.25, 0.3) is 0 Å². The molecule has 0 spiro atoms. The van der Waals surface area contributed by atoms with Crippen molar-refractivity contribution in [2.24, 2.45) is 5.92 Å². The molecule has 0 aromatic heterocycles. The maximum Gasteiger partial charge on any atom is 0.229 e. The molecule has 124 valence electrons. The van der Waals surface area contributed by atoms with E-state index in [-0.39, 0.29) is 24.2 Å². The van der Waals surface area contributed by atoms with Crippen molar-refractivity contribution in [3.8, 4) is 0 Å². The lowest BCUT2D eigenvalue weighted by atomic mass is 9.94. The molecular formula is C17H20Cl2N2O2. The Labute approximate surface area is 146 Å². The molecule has 4 nitrogen and oxygen atoms in total. The topological polar surface area (TPSA) is 49.4 Å². The second-order valence-corrected chi connectivity index (χ2v) is 7.14. The molecule has 1 saturated carbocycles. The summed E-state index contributed by atoms with van der Waals surface area (Å²) in [4.78, 5) is 26.7. The first-order chi connectivity index (χ1) is 11.1. The van der Waals surface area contributed by atoms with Crippen LogP contribution in [0.1, 0.15) is 38.5 Å². The van der Waals surface area contributed by atoms with Crippen molar-refractivity contribution in [3.63, 3.8) is 0 Å². The van der Waals surface area contributed by atoms with Crippen molar-refractivity contribution < 1.29 is 9.59 Å². The van der Waals surface area contributed by atoms with Crippen LogP contribution in [-0.2, 0) is 9.59 Å². The fraction of sp³-hybridized carbons (Fsp3) is 0.529. The summed E-state index contributed by atoms with van der Waals surface area (Å²) in [6, 6.07) is 5.39. The van der Waals surface area contributed by atoms with Crippen LogP contribution in [0.4, 0.5) is 5.69 Å². The van der Waals surface area contributed by atoms with Gasteiger partial charge in [0.2, 0.25) is 11.8 Å². The molecular weight excluding hydrogens is 335 g/mol. The van der Waals surface area contributed by atoms with Crippen molar-refractivity contribution in [3.05, 3.63) is 28.2 Å². The van der Waals surface area contributed by atoms with Crippen LogP contribution in [0, 0.1) is 5.92 Å². The summed E-state index contributed by atoms with van der Waals surface area (Å²) in [5, 5.41) is 3.59. The van der Waals surface area contributed by atoms with E-state index in [2.05, 4.69) is 5.32 Å². The van der Waals surface area contributed by atoms with E-state index in [0.717, 1.165) is 12.8 Å². The summed E-state index contributed by atoms with van der Waals surface area (Å²) in [7, 11) is 0. The molecule has 1 atom stereocenters. The Hall–Kier alpha value is -1.26. The van der Waals surface area contributed by atoms with Crippen molar-refractivity contribution >= 4 is 40.7 Å². The first kappa shape index (κ1) is 16.6. The average Bonchev–Trinajstić information content (AvgIpc) is 2.94. The van der Waals surface area contributed by atoms with Gasteiger partial charge in [-0.1, -0.05) is 48.5 Å². The zero-order valence-corrected chi connectivity index (χ0v) is 14.4. The third kappa shape index (κ3) is 3.64. The van der Waals surface area contributed by atoms with Crippen molar-refractivity contribution in [2.45, 2.75) is 44.6 Å². The number of nitrogens with one attached hydrogen (secondary N) is 1. The quantitative estimate of drug-likeness (QED) is 0.887. The number of para-hydroxylation sites is 1. The van der Waals surface area contributed by atoms with Gasteiger partial charge < -0.3 is 10.2 Å². The summed E-state index contributed by atoms with van der Waals surface area (Å²) >= 11 is 12.2. The molecule has 2 amide bonds. The molecule has 1 aliphatic heterocycles. The van der Waals surface area contributed by atoms with Gasteiger partial charge >= 0.3 is 0 Å². The van der Waals surface area contributed by atoms with Crippen molar-refractivity contribution in [1.82, 2.24) is 4.90 Å². The summed E-state index contributed by atoms with van der Waals surface area (Å²) < 4.78 is 0. The van der Waals surface area contributed by atoms with Crippen LogP contribution < -0.4 is 5.32 Å². The van der Waals surface area contributed by atoms with E-state index in [4.69, 9.17) is 23.2 Å². The summed E-state index contributed by atoms with van der Waals surface area (Å²) in [6.07, 6.45) is 5.95. The highest BCUT2D eigenvalue weighted by Crippen LogP contribution is 2.32. The monoisotopic (exact) mass is 354 g/mol. The standard InChI is InChI=1S/C17H20Cl2N2O2/c18-13-7-4-8-14(19)16(13)20-17(23)11-9-15(22)21(10-11)12-5-2-1-3-6-12/h4,7-8,11-12H,1-3,5-6,9-10H2,(H,20,23). The summed E-state index contributed by atoms with van der Waals surface area (Å²) in [5.74, 6) is -0.439. The van der Waals surface area contributed by atoms with Gasteiger partial charge in [-0.15, -0.1) is 0 Å². The molecule has 0 radical (unpaired) electrons. The van der Waals surface area contributed by atoms with Gasteiger partial charge in [0.05, 0.1) is 21.7 Å². The average molecular weight is 355 g/mol. The van der Waals surface area contributed by atoms with E-state index in [0.29, 0.717) is 28.3 Å². The van der Waals surface area contributed by atoms with E-state index in [1.165, 1.54) is 19.3 Å². The van der Waals surface area contributed by atoms with Gasteiger partial charge in [0.1, 0.15) is 0 Å². The highest BCUT2D eigenvalue weighted by molar-refractivity contribution is 6.39. The van der Waals surface area contributed by atoms with Crippen molar-refractivity contribution in [1.29, 1.82) is 0 Å². The zero-order chi connectivity index (χ0) is 16.4. The third-order valence-electron chi connectivity index (χ3n) is 4.76. The third-order valence-corrected chi connectivity index (χ3v) is 5.39. The first-order valence-electron chi connectivity index (χ1n) is 8.10. The lowest BCUT2D eigenvalue weighted by molar-refractivity contribution is -0.130. The maximum absolute atomic E-state index is 12.5. The minimum absolute atomic E-state index is 0.0855. The number of likely N-dealkylation sites (tertiary alicyclic amines) is 1. The summed E-state index contributed by atoms with van der Waals surface area (Å²) in [5.41, 5.74) is 0.421. The predicted octanol–water partition coefficient (Wildman–Crippen LogP) is 4.11. The highest BCUT2D eigenvalue weighted by atomic mass is 35.5. The number of carbonyl (C=O) groups is 2. The number of benzene rings is 1. The molecule has 1 saturated heterocycles. The van der Waals surface area contributed by atoms with Gasteiger partial charge in [-0.25, -0.2) is 0 Å². The molecule has 1 heterocycles. The summed E-state index contributed by atoms with van der Waals surface area (Å²) in [6.45, 7) is 0.497. The molecule has 2 aliphatic rings. The van der Waals surface area contributed by atoms with Crippen LogP contribution in [0.5, 0.6) is 0 Å². The SMILES string of the molecule is O=C(Nc1c(Cl)cccc1Cl)C1CC(=O)N(C2CCCCC2)C1. The normalized spacial score (nSPS) is 22.4. The zero-order valence-electron chi connectivity index (χ0n) is 12.9. The van der Waals surface area contributed by atoms with E-state index < -0.39 is 0 Å². The van der Waals surface area contributed by atoms with E-state index in [1.807, 2.05) is 4.90 Å². The molecule has 23 heavy (non-hydrogen) atoms. The van der Waals surface area contributed by atoms with Gasteiger partial charge in [-0.3, -0.25) is 9.59 Å². The van der Waals surface area contributed by atoms with Crippen LogP contribution in [0.2, 0.25) is 10.0 Å². The van der Waals surface area contributed by atoms with Gasteiger partial charge in [-0.2, -0.15) is 0 Å². The van der Waals surface area contributed by atoms with E-state index in [1.54, 1.807) is 18.2 Å². The maximum atomic E-state index is 12.5. The molecule has 1 aromatic carbocycles. The van der Waals surface area contributed by atoms with Crippen LogP contribution in [0.25, 0.3) is 0 Å². The molecule has 1 unspecified atom stereocenters. The lowest BCUT2D eigenvalue weighted by Crippen LogP contribution is -2.38. The van der Waals surface area contributed by atoms with Gasteiger partial charge in [-0.05, 0) is 25.0 Å². The molecule has 1 aromatic rings. The lowest BCUT2D eigenvalue weighted by Gasteiger charge is -2.31. The molecule has 2 fully saturated rings. The fourth-order valence-electron chi connectivity index (χ4n) is 3.50. The number of rotatable bonds is 3. The predicted molar refractivity (Wildman–Crippen MR) is 91.8 cm³/mol. The number of amides is 2. The Morgan fingerprint density at radius 1 is 1.13 bits per heavy atom. The van der Waals surface area contributed by atoms with Crippen LogP contribution in [0.3, 0.4) is 0 Å². The number of hydrogen-bond acceptors (Lipinski definition) is 2. The molecule has 1 N–H and O–H groups in total. The minimum Gasteiger partial charge on any atom is -0.339 e. The Morgan fingerprint density at radius 2 is 1.78 bits per heavy atom. The first-order valence-corrected chi connectivity index (χ1v) is 8.86. The Morgan fingerprint density at radius 3 is 2.43 bits per heavy atom. The molecule has 3 rings (SSSR count). The van der Waals surface area contributed by atoms with Crippen LogP contribution in [0.15, 0.2) is 18.2 Å². The molecule has 0 bridgehead atoms. The second-order valence-electron chi connectivity index (χ2n) is 6.32. The largest absolute Gasteiger partial charge is 0.339 e.